The molecule has 0 amide bonds. The van der Waals surface area contributed by atoms with Gasteiger partial charge >= 0.3 is 8.80 Å². The molecule has 0 saturated heterocycles. The molecule has 0 aromatic carbocycles. The van der Waals surface area contributed by atoms with E-state index in [1.54, 1.807) is 21.3 Å². The molecule has 2 N–H and O–H groups in total. The van der Waals surface area contributed by atoms with Crippen molar-refractivity contribution >= 4 is 17.1 Å². The lowest BCUT2D eigenvalue weighted by molar-refractivity contribution is 0.123. The van der Waals surface area contributed by atoms with E-state index in [9.17, 15) is 0 Å². The fourth-order valence-corrected chi connectivity index (χ4v) is 5.11. The largest absolute Gasteiger partial charge is 0.500 e. The Morgan fingerprint density at radius 2 is 1.09 bits per heavy atom. The van der Waals surface area contributed by atoms with Crippen LogP contribution in [0, 0.1) is 0 Å². The van der Waals surface area contributed by atoms with Gasteiger partial charge in [0.25, 0.3) is 0 Å². The first-order valence-corrected chi connectivity index (χ1v) is 13.1. The molecule has 0 atom stereocenters. The molecular formula is C14H36N2O4Si2. The van der Waals surface area contributed by atoms with Crippen LogP contribution in [0.2, 0.25) is 25.2 Å². The molecule has 0 aliphatic heterocycles. The molecular weight excluding hydrogens is 316 g/mol. The zero-order valence-electron chi connectivity index (χ0n) is 15.3. The summed E-state index contributed by atoms with van der Waals surface area (Å²) in [5.74, 6) is 0. The van der Waals surface area contributed by atoms with E-state index in [-0.39, 0.29) is 0 Å². The Morgan fingerprint density at radius 1 is 0.636 bits per heavy atom. The van der Waals surface area contributed by atoms with Crippen LogP contribution in [0.25, 0.3) is 0 Å². The summed E-state index contributed by atoms with van der Waals surface area (Å²) >= 11 is 0. The van der Waals surface area contributed by atoms with Crippen molar-refractivity contribution in [1.82, 2.24) is 10.6 Å². The summed E-state index contributed by atoms with van der Waals surface area (Å²) in [6, 6.07) is 2.05. The molecule has 0 aliphatic carbocycles. The second-order valence-corrected chi connectivity index (χ2v) is 13.5. The molecule has 0 fully saturated rings. The highest BCUT2D eigenvalue weighted by molar-refractivity contribution is 6.71. The summed E-state index contributed by atoms with van der Waals surface area (Å²) < 4.78 is 21.7. The van der Waals surface area contributed by atoms with Gasteiger partial charge in [0.05, 0.1) is 0 Å². The maximum atomic E-state index is 5.54. The van der Waals surface area contributed by atoms with Crippen molar-refractivity contribution in [3.63, 3.8) is 0 Å². The highest BCUT2D eigenvalue weighted by Crippen LogP contribution is 2.14. The van der Waals surface area contributed by atoms with Crippen LogP contribution >= 0.6 is 0 Å². The molecule has 0 rings (SSSR count). The second-order valence-electron chi connectivity index (χ2n) is 5.97. The van der Waals surface area contributed by atoms with Gasteiger partial charge in [-0.05, 0) is 45.1 Å². The number of hydrogen-bond donors (Lipinski definition) is 2. The van der Waals surface area contributed by atoms with Gasteiger partial charge in [-0.2, -0.15) is 0 Å². The molecule has 8 heteroatoms. The van der Waals surface area contributed by atoms with Crippen molar-refractivity contribution in [2.24, 2.45) is 0 Å². The molecule has 0 aromatic heterocycles. The minimum Gasteiger partial charge on any atom is -0.420 e. The van der Waals surface area contributed by atoms with Crippen LogP contribution in [0.4, 0.5) is 0 Å². The Kier molecular flexibility index (Phi) is 12.7. The van der Waals surface area contributed by atoms with E-state index >= 15 is 0 Å². The minimum absolute atomic E-state index is 0.841. The van der Waals surface area contributed by atoms with Crippen molar-refractivity contribution < 1.29 is 17.7 Å². The van der Waals surface area contributed by atoms with Gasteiger partial charge in [-0.25, -0.2) is 0 Å². The standard InChI is InChI=1S/C14H36N2O4Si2/c1-17-21(5,6)13-7-9-15-11-12-16-10-8-14-22(18-2,19-3)20-4/h15-16H,7-14H2,1-6H3. The average Bonchev–Trinajstić information content (AvgIpc) is 2.53. The van der Waals surface area contributed by atoms with Crippen molar-refractivity contribution in [2.45, 2.75) is 38.0 Å². The number of hydrogen-bond acceptors (Lipinski definition) is 6. The first kappa shape index (κ1) is 22.2. The molecule has 0 aromatic rings. The molecule has 0 spiro atoms. The smallest absolute Gasteiger partial charge is 0.420 e. The van der Waals surface area contributed by atoms with Crippen LogP contribution in [-0.2, 0) is 17.7 Å². The first-order valence-electron chi connectivity index (χ1n) is 8.07. The normalized spacial score (nSPS) is 12.8. The molecule has 134 valence electrons. The zero-order valence-corrected chi connectivity index (χ0v) is 17.3. The van der Waals surface area contributed by atoms with E-state index in [4.69, 9.17) is 17.7 Å². The lowest BCUT2D eigenvalue weighted by Crippen LogP contribution is -2.43. The molecule has 6 nitrogen and oxygen atoms in total. The van der Waals surface area contributed by atoms with Gasteiger partial charge in [0.15, 0.2) is 8.32 Å². The van der Waals surface area contributed by atoms with E-state index in [0.717, 1.165) is 38.6 Å². The molecule has 0 saturated carbocycles. The molecule has 0 aliphatic rings. The Balaban J connectivity index is 3.44. The predicted octanol–water partition coefficient (Wildman–Crippen LogP) is 1.68. The highest BCUT2D eigenvalue weighted by atomic mass is 28.4. The molecule has 22 heavy (non-hydrogen) atoms. The fraction of sp³-hybridized carbons (Fsp3) is 1.00. The maximum absolute atomic E-state index is 5.54. The van der Waals surface area contributed by atoms with Crippen LogP contribution in [-0.4, -0.2) is 71.7 Å². The van der Waals surface area contributed by atoms with Gasteiger partial charge in [0.1, 0.15) is 0 Å². The van der Waals surface area contributed by atoms with Gasteiger partial charge in [0, 0.05) is 47.6 Å². The predicted molar refractivity (Wildman–Crippen MR) is 95.9 cm³/mol. The van der Waals surface area contributed by atoms with Crippen molar-refractivity contribution in [3.05, 3.63) is 0 Å². The van der Waals surface area contributed by atoms with Gasteiger partial charge in [-0.3, -0.25) is 0 Å². The SMILES string of the molecule is CO[Si](C)(C)CCCNCCNCCC[Si](OC)(OC)OC. The monoisotopic (exact) mass is 352 g/mol. The van der Waals surface area contributed by atoms with E-state index in [2.05, 4.69) is 23.7 Å². The third-order valence-corrected chi connectivity index (χ3v) is 9.43. The summed E-state index contributed by atoms with van der Waals surface area (Å²) in [5.41, 5.74) is 0. The topological polar surface area (TPSA) is 61.0 Å². The van der Waals surface area contributed by atoms with Crippen LogP contribution in [0.5, 0.6) is 0 Å². The van der Waals surface area contributed by atoms with Crippen molar-refractivity contribution in [2.75, 3.05) is 54.6 Å². The van der Waals surface area contributed by atoms with Crippen molar-refractivity contribution in [3.8, 4) is 0 Å². The summed E-state index contributed by atoms with van der Waals surface area (Å²) in [6.07, 6.45) is 2.19. The van der Waals surface area contributed by atoms with E-state index in [0.29, 0.717) is 0 Å². The highest BCUT2D eigenvalue weighted by Gasteiger charge is 2.36. The molecule has 0 heterocycles. The van der Waals surface area contributed by atoms with E-state index in [1.165, 1.54) is 12.5 Å². The van der Waals surface area contributed by atoms with E-state index < -0.39 is 17.1 Å². The van der Waals surface area contributed by atoms with Gasteiger partial charge in [0.2, 0.25) is 0 Å². The van der Waals surface area contributed by atoms with Crippen LogP contribution in [0.3, 0.4) is 0 Å². The quantitative estimate of drug-likeness (QED) is 0.345. The molecule has 0 unspecified atom stereocenters. The summed E-state index contributed by atoms with van der Waals surface area (Å²) in [6.45, 7) is 8.52. The zero-order chi connectivity index (χ0) is 16.9. The van der Waals surface area contributed by atoms with Crippen LogP contribution in [0.15, 0.2) is 0 Å². The van der Waals surface area contributed by atoms with Gasteiger partial charge in [-0.15, -0.1) is 0 Å². The summed E-state index contributed by atoms with van der Waals surface area (Å²) in [5, 5.41) is 6.89. The first-order chi connectivity index (χ1) is 10.4. The van der Waals surface area contributed by atoms with Crippen LogP contribution in [0.1, 0.15) is 12.8 Å². The molecule has 0 radical (unpaired) electrons. The second kappa shape index (κ2) is 12.6. The summed E-state index contributed by atoms with van der Waals surface area (Å²) in [7, 11) is 3.03. The average molecular weight is 353 g/mol. The van der Waals surface area contributed by atoms with Crippen LogP contribution < -0.4 is 10.6 Å². The third kappa shape index (κ3) is 10.1. The third-order valence-electron chi connectivity index (χ3n) is 3.93. The van der Waals surface area contributed by atoms with Gasteiger partial charge in [-0.1, -0.05) is 0 Å². The Labute approximate surface area is 138 Å². The van der Waals surface area contributed by atoms with E-state index in [1.807, 2.05) is 7.11 Å². The lowest BCUT2D eigenvalue weighted by Gasteiger charge is -2.24. The number of nitrogens with one attached hydrogen (secondary N) is 2. The Bertz CT molecular complexity index is 259. The van der Waals surface area contributed by atoms with Gasteiger partial charge < -0.3 is 28.3 Å². The molecule has 0 bridgehead atoms. The number of rotatable bonds is 15. The summed E-state index contributed by atoms with van der Waals surface area (Å²) in [4.78, 5) is 0. The minimum atomic E-state index is -2.39. The Morgan fingerprint density at radius 3 is 1.50 bits per heavy atom. The maximum Gasteiger partial charge on any atom is 0.500 e. The lowest BCUT2D eigenvalue weighted by atomic mass is 10.4. The fourth-order valence-electron chi connectivity index (χ4n) is 2.15. The van der Waals surface area contributed by atoms with Crippen molar-refractivity contribution in [1.29, 1.82) is 0 Å². The Hall–Kier alpha value is 0.194.